The van der Waals surface area contributed by atoms with Gasteiger partial charge in [-0.15, -0.1) is 0 Å². The van der Waals surface area contributed by atoms with E-state index in [4.69, 9.17) is 15.0 Å². The molecule has 0 aliphatic carbocycles. The van der Waals surface area contributed by atoms with Gasteiger partial charge in [-0.3, -0.25) is 9.69 Å². The first-order valence-corrected chi connectivity index (χ1v) is 8.09. The Balaban J connectivity index is 2.46. The first-order valence-electron chi connectivity index (χ1n) is 10.1. The number of nitrogens with zero attached hydrogens (tertiary/aromatic N) is 1. The van der Waals surface area contributed by atoms with Crippen LogP contribution in [0.3, 0.4) is 0 Å². The molecule has 0 bridgehead atoms. The quantitative estimate of drug-likeness (QED) is 0.789. The lowest BCUT2D eigenvalue weighted by Gasteiger charge is -2.32. The maximum absolute atomic E-state index is 12.6. The molecule has 0 radical (unpaired) electrons. The van der Waals surface area contributed by atoms with E-state index in [1.165, 1.54) is 13.2 Å². The second kappa shape index (κ2) is 8.44. The summed E-state index contributed by atoms with van der Waals surface area (Å²) < 4.78 is 42.9. The van der Waals surface area contributed by atoms with Crippen LogP contribution in [0, 0.1) is 0 Å². The van der Waals surface area contributed by atoms with Gasteiger partial charge in [-0.05, 0) is 45.0 Å². The van der Waals surface area contributed by atoms with Crippen molar-refractivity contribution in [2.24, 2.45) is 0 Å². The molecule has 0 unspecified atom stereocenters. The van der Waals surface area contributed by atoms with Gasteiger partial charge in [-0.2, -0.15) is 0 Å². The maximum Gasteiger partial charge on any atom is 0.408 e. The second-order valence-electron chi connectivity index (χ2n) is 6.57. The number of methoxy groups -OCH3 is 1. The first-order chi connectivity index (χ1) is 14.4. The third-order valence-corrected chi connectivity index (χ3v) is 3.52. The molecule has 2 rings (SSSR count). The van der Waals surface area contributed by atoms with Gasteiger partial charge in [0.05, 0.1) is 18.3 Å². The lowest BCUT2D eigenvalue weighted by atomic mass is 10.1. The van der Waals surface area contributed by atoms with Gasteiger partial charge in [0.15, 0.2) is 5.75 Å². The second-order valence-corrected chi connectivity index (χ2v) is 6.57. The van der Waals surface area contributed by atoms with Crippen molar-refractivity contribution in [2.75, 3.05) is 19.0 Å². The van der Waals surface area contributed by atoms with Gasteiger partial charge < -0.3 is 19.9 Å². The molecule has 0 atom stereocenters. The third kappa shape index (κ3) is 5.64. The van der Waals surface area contributed by atoms with E-state index < -0.39 is 48.3 Å². The number of ether oxygens (including phenoxy) is 2. The Morgan fingerprint density at radius 2 is 1.89 bits per heavy atom. The fraction of sp³-hybridized carbons (Fsp3) is 0.300. The molecule has 0 heterocycles. The minimum absolute atomic E-state index is 0.224. The summed E-state index contributed by atoms with van der Waals surface area (Å²) in [4.78, 5) is 25.0. The largest absolute Gasteiger partial charge is 0.497 e. The van der Waals surface area contributed by atoms with Crippen LogP contribution < -0.4 is 14.8 Å². The lowest BCUT2D eigenvalue weighted by molar-refractivity contribution is -0.118. The molecule has 0 aromatic heterocycles. The van der Waals surface area contributed by atoms with E-state index in [9.17, 15) is 14.7 Å². The van der Waals surface area contributed by atoms with Crippen LogP contribution in [0.15, 0.2) is 48.4 Å². The van der Waals surface area contributed by atoms with Crippen LogP contribution in [0.25, 0.3) is 0 Å². The Bertz CT molecular complexity index is 1010. The smallest absolute Gasteiger partial charge is 0.408 e. The number of hydrogen-bond acceptors (Lipinski definition) is 4. The van der Waals surface area contributed by atoms with Crippen molar-refractivity contribution >= 4 is 17.7 Å². The number of carbonyl (C=O) groups is 2. The Morgan fingerprint density at radius 3 is 2.52 bits per heavy atom. The highest BCUT2D eigenvalue weighted by molar-refractivity contribution is 5.95. The number of carbonyl (C=O) groups excluding carboxylic acids is 1. The summed E-state index contributed by atoms with van der Waals surface area (Å²) in [5, 5.41) is 11.8. The van der Waals surface area contributed by atoms with E-state index in [1.807, 2.05) is 0 Å². The highest BCUT2D eigenvalue weighted by Crippen LogP contribution is 2.31. The summed E-state index contributed by atoms with van der Waals surface area (Å²) >= 11 is 0. The molecule has 2 aromatic carbocycles. The van der Waals surface area contributed by atoms with Crippen molar-refractivity contribution in [1.82, 2.24) is 4.90 Å². The predicted molar refractivity (Wildman–Crippen MR) is 103 cm³/mol. The number of nitrogens with one attached hydrogen (secondary N) is 1. The van der Waals surface area contributed by atoms with E-state index >= 15 is 0 Å². The molecule has 0 saturated heterocycles. The van der Waals surface area contributed by atoms with E-state index in [-0.39, 0.29) is 17.2 Å². The fourth-order valence-electron chi connectivity index (χ4n) is 2.16. The molecule has 0 fully saturated rings. The normalized spacial score (nSPS) is 12.9. The Labute approximate surface area is 164 Å². The number of benzene rings is 2. The van der Waals surface area contributed by atoms with Crippen LogP contribution in [-0.2, 0) is 4.79 Å². The molecule has 2 N–H and O–H groups in total. The van der Waals surface area contributed by atoms with Gasteiger partial charge in [0, 0.05) is 11.6 Å². The molecular formula is C20H24N2O5. The Morgan fingerprint density at radius 1 is 1.22 bits per heavy atom. The topological polar surface area (TPSA) is 88.1 Å². The molecule has 2 amide bonds. The standard InChI is InChI=1S/C20H24N2O5/c1-20(2,3)22(19(24)25)13-18(23)21-16-10-5-6-11-17(16)27-15-9-7-8-14(12-15)26-4/h5-12H,13H2,1-4H3,(H,21,23)(H,24,25)/i5D,6D,10D,11D. The highest BCUT2D eigenvalue weighted by atomic mass is 16.5. The third-order valence-electron chi connectivity index (χ3n) is 3.52. The monoisotopic (exact) mass is 376 g/mol. The first kappa shape index (κ1) is 14.9. The van der Waals surface area contributed by atoms with E-state index in [2.05, 4.69) is 5.32 Å². The lowest BCUT2D eigenvalue weighted by Crippen LogP contribution is -2.48. The fourth-order valence-corrected chi connectivity index (χ4v) is 2.16. The average molecular weight is 376 g/mol. The zero-order chi connectivity index (χ0) is 23.5. The molecule has 2 aromatic rings. The molecule has 7 nitrogen and oxygen atoms in total. The number of amides is 2. The average Bonchev–Trinajstić information content (AvgIpc) is 2.70. The Kier molecular flexibility index (Phi) is 4.66. The SMILES string of the molecule is [2H]c1c([2H])c([2H])c(Oc2cccc(OC)c2)c(NC(=O)CN(C(=O)O)C(C)(C)C)c1[2H]. The zero-order valence-electron chi connectivity index (χ0n) is 19.5. The van der Waals surface area contributed by atoms with Gasteiger partial charge in [-0.25, -0.2) is 4.79 Å². The van der Waals surface area contributed by atoms with Crippen LogP contribution >= 0.6 is 0 Å². The van der Waals surface area contributed by atoms with Gasteiger partial charge in [0.25, 0.3) is 0 Å². The summed E-state index contributed by atoms with van der Waals surface area (Å²) in [6, 6.07) is 4.25. The highest BCUT2D eigenvalue weighted by Gasteiger charge is 2.28. The van der Waals surface area contributed by atoms with Gasteiger partial charge in [0.2, 0.25) is 5.91 Å². The van der Waals surface area contributed by atoms with Gasteiger partial charge >= 0.3 is 6.09 Å². The summed E-state index contributed by atoms with van der Waals surface area (Å²) in [6.45, 7) is 4.33. The molecule has 7 heteroatoms. The molecule has 0 spiro atoms. The summed E-state index contributed by atoms with van der Waals surface area (Å²) in [5.74, 6) is -0.393. The van der Waals surface area contributed by atoms with Gasteiger partial charge in [0.1, 0.15) is 18.0 Å². The molecule has 0 aliphatic rings. The van der Waals surface area contributed by atoms with Crippen molar-refractivity contribution in [2.45, 2.75) is 26.3 Å². The number of rotatable bonds is 6. The van der Waals surface area contributed by atoms with Crippen LogP contribution in [0.2, 0.25) is 0 Å². The van der Waals surface area contributed by atoms with E-state index in [0.717, 1.165) is 4.90 Å². The van der Waals surface area contributed by atoms with Crippen LogP contribution in [0.5, 0.6) is 17.2 Å². The maximum atomic E-state index is 12.6. The summed E-state index contributed by atoms with van der Waals surface area (Å²) in [7, 11) is 1.46. The van der Waals surface area contributed by atoms with Crippen molar-refractivity contribution < 1.29 is 29.7 Å². The van der Waals surface area contributed by atoms with Crippen molar-refractivity contribution in [3.05, 3.63) is 48.4 Å². The van der Waals surface area contributed by atoms with E-state index in [0.29, 0.717) is 5.75 Å². The molecule has 27 heavy (non-hydrogen) atoms. The predicted octanol–water partition coefficient (Wildman–Crippen LogP) is 4.20. The van der Waals surface area contributed by atoms with Crippen LogP contribution in [0.1, 0.15) is 26.3 Å². The van der Waals surface area contributed by atoms with Crippen LogP contribution in [0.4, 0.5) is 10.5 Å². The Hall–Kier alpha value is -3.22. The number of anilines is 1. The number of para-hydroxylation sites is 2. The van der Waals surface area contributed by atoms with Crippen molar-refractivity contribution in [1.29, 1.82) is 0 Å². The van der Waals surface area contributed by atoms with Crippen LogP contribution in [-0.4, -0.2) is 41.2 Å². The summed E-state index contributed by atoms with van der Waals surface area (Å²) in [5.41, 5.74) is -1.16. The minimum atomic E-state index is -1.30. The zero-order valence-corrected chi connectivity index (χ0v) is 15.5. The summed E-state index contributed by atoms with van der Waals surface area (Å²) in [6.07, 6.45) is -1.30. The molecular weight excluding hydrogens is 348 g/mol. The minimum Gasteiger partial charge on any atom is -0.497 e. The van der Waals surface area contributed by atoms with E-state index in [1.54, 1.807) is 39.0 Å². The van der Waals surface area contributed by atoms with Crippen molar-refractivity contribution in [3.8, 4) is 17.2 Å². The molecule has 144 valence electrons. The van der Waals surface area contributed by atoms with Crippen molar-refractivity contribution in [3.63, 3.8) is 0 Å². The molecule has 0 aliphatic heterocycles. The number of carboxylic acid groups (broad SMARTS) is 1. The number of hydrogen-bond donors (Lipinski definition) is 2. The van der Waals surface area contributed by atoms with Gasteiger partial charge in [-0.1, -0.05) is 18.2 Å². The molecule has 0 saturated carbocycles.